The third-order valence-electron chi connectivity index (χ3n) is 8.58. The highest BCUT2D eigenvalue weighted by Gasteiger charge is 2.60. The van der Waals surface area contributed by atoms with E-state index in [4.69, 9.17) is 8.74 Å². The van der Waals surface area contributed by atoms with Gasteiger partial charge >= 0.3 is 10.4 Å². The molecule has 0 amide bonds. The molecule has 0 radical (unpaired) electrons. The Kier molecular flexibility index (Phi) is 4.14. The van der Waals surface area contributed by atoms with Crippen molar-refractivity contribution in [2.45, 2.75) is 77.7 Å². The summed E-state index contributed by atoms with van der Waals surface area (Å²) in [7, 11) is -4.37. The standard InChI is InChI=1S/C19H30O5S/c1-18-9-7-13(24-25(21,22)23)11-12(18)3-4-14-15-5-6-17(20)19(15,2)10-8-16(14)18/h12-16H,3-11H2,1-2H3,(H,21,22,23)/t12-,13+,14+,15+,16-,18-,19+/m0/s1. The molecule has 25 heavy (non-hydrogen) atoms. The van der Waals surface area contributed by atoms with Gasteiger partial charge in [0.2, 0.25) is 0 Å². The first-order valence-electron chi connectivity index (χ1n) is 9.82. The zero-order valence-corrected chi connectivity index (χ0v) is 16.1. The molecular weight excluding hydrogens is 340 g/mol. The fourth-order valence-electron chi connectivity index (χ4n) is 7.25. The quantitative estimate of drug-likeness (QED) is 0.748. The summed E-state index contributed by atoms with van der Waals surface area (Å²) in [6.45, 7) is 4.59. The van der Waals surface area contributed by atoms with Crippen molar-refractivity contribution in [1.29, 1.82) is 0 Å². The van der Waals surface area contributed by atoms with E-state index in [9.17, 15) is 13.2 Å². The van der Waals surface area contributed by atoms with Gasteiger partial charge < -0.3 is 0 Å². The van der Waals surface area contributed by atoms with Crippen LogP contribution in [0.15, 0.2) is 0 Å². The molecule has 0 aliphatic heterocycles. The molecule has 5 nitrogen and oxygen atoms in total. The second kappa shape index (κ2) is 5.77. The highest BCUT2D eigenvalue weighted by atomic mass is 32.3. The molecule has 4 saturated carbocycles. The molecule has 7 atom stereocenters. The smallest absolute Gasteiger partial charge is 0.299 e. The molecule has 4 rings (SSSR count). The molecule has 0 unspecified atom stereocenters. The molecule has 142 valence electrons. The molecule has 4 aliphatic carbocycles. The average Bonchev–Trinajstić information content (AvgIpc) is 2.82. The van der Waals surface area contributed by atoms with Gasteiger partial charge in [0.05, 0.1) is 6.10 Å². The Bertz CT molecular complexity index is 673. The Labute approximate surface area is 150 Å². The van der Waals surface area contributed by atoms with Gasteiger partial charge in [-0.25, -0.2) is 4.18 Å². The van der Waals surface area contributed by atoms with Gasteiger partial charge in [0.1, 0.15) is 5.78 Å². The van der Waals surface area contributed by atoms with Crippen molar-refractivity contribution >= 4 is 16.2 Å². The molecule has 0 aromatic rings. The van der Waals surface area contributed by atoms with Crippen LogP contribution in [-0.4, -0.2) is 24.9 Å². The van der Waals surface area contributed by atoms with Gasteiger partial charge in [-0.2, -0.15) is 8.42 Å². The van der Waals surface area contributed by atoms with Gasteiger partial charge in [-0.1, -0.05) is 13.8 Å². The van der Waals surface area contributed by atoms with E-state index >= 15 is 0 Å². The number of fused-ring (bicyclic) bond motifs is 5. The minimum absolute atomic E-state index is 0.0877. The lowest BCUT2D eigenvalue weighted by atomic mass is 9.45. The third kappa shape index (κ3) is 2.79. The number of hydrogen-bond acceptors (Lipinski definition) is 4. The van der Waals surface area contributed by atoms with Gasteiger partial charge in [-0.3, -0.25) is 9.35 Å². The maximum atomic E-state index is 12.4. The molecule has 0 spiro atoms. The lowest BCUT2D eigenvalue weighted by Crippen LogP contribution is -2.54. The van der Waals surface area contributed by atoms with Crippen molar-refractivity contribution in [3.05, 3.63) is 0 Å². The van der Waals surface area contributed by atoms with Gasteiger partial charge in [0, 0.05) is 11.8 Å². The molecule has 0 bridgehead atoms. The first kappa shape index (κ1) is 17.9. The largest absolute Gasteiger partial charge is 0.397 e. The highest BCUT2D eigenvalue weighted by molar-refractivity contribution is 7.80. The van der Waals surface area contributed by atoms with E-state index in [-0.39, 0.29) is 16.9 Å². The summed E-state index contributed by atoms with van der Waals surface area (Å²) in [5.41, 5.74) is 0.130. The van der Waals surface area contributed by atoms with Crippen LogP contribution in [0.25, 0.3) is 0 Å². The molecule has 1 N–H and O–H groups in total. The van der Waals surface area contributed by atoms with Crippen LogP contribution in [0.4, 0.5) is 0 Å². The maximum Gasteiger partial charge on any atom is 0.397 e. The summed E-state index contributed by atoms with van der Waals surface area (Å²) < 4.78 is 36.0. The van der Waals surface area contributed by atoms with Crippen molar-refractivity contribution in [1.82, 2.24) is 0 Å². The van der Waals surface area contributed by atoms with Crippen LogP contribution in [0.2, 0.25) is 0 Å². The Morgan fingerprint density at radius 2 is 1.80 bits per heavy atom. The number of Topliss-reactive ketones (excluding diaryl/α,β-unsaturated/α-hetero) is 1. The number of hydrogen-bond donors (Lipinski definition) is 1. The van der Waals surface area contributed by atoms with Crippen LogP contribution in [-0.2, 0) is 19.4 Å². The highest BCUT2D eigenvalue weighted by Crippen LogP contribution is 2.65. The van der Waals surface area contributed by atoms with Crippen LogP contribution < -0.4 is 0 Å². The summed E-state index contributed by atoms with van der Waals surface area (Å²) in [6, 6.07) is 0. The van der Waals surface area contributed by atoms with Gasteiger partial charge in [0.25, 0.3) is 0 Å². The molecule has 0 aromatic carbocycles. The zero-order chi connectivity index (χ0) is 18.0. The Morgan fingerprint density at radius 3 is 2.52 bits per heavy atom. The molecule has 0 aromatic heterocycles. The van der Waals surface area contributed by atoms with Gasteiger partial charge in [-0.05, 0) is 80.5 Å². The topological polar surface area (TPSA) is 80.7 Å². The lowest BCUT2D eigenvalue weighted by molar-refractivity contribution is -0.141. The molecule has 6 heteroatoms. The van der Waals surface area contributed by atoms with Crippen molar-refractivity contribution < 1.29 is 21.9 Å². The summed E-state index contributed by atoms with van der Waals surface area (Å²) in [6.07, 6.45) is 8.19. The SMILES string of the molecule is C[C@]12CC[C@@H](OS(=O)(=O)O)C[C@@H]1CC[C@@H]1[C@H]3CCC(=O)[C@]3(C)CC[C@@H]12. The van der Waals surface area contributed by atoms with E-state index in [1.165, 1.54) is 0 Å². The van der Waals surface area contributed by atoms with Crippen LogP contribution in [0, 0.1) is 34.5 Å². The number of rotatable bonds is 2. The third-order valence-corrected chi connectivity index (χ3v) is 9.10. The van der Waals surface area contributed by atoms with Crippen molar-refractivity contribution in [3.63, 3.8) is 0 Å². The van der Waals surface area contributed by atoms with Crippen LogP contribution in [0.5, 0.6) is 0 Å². The van der Waals surface area contributed by atoms with Gasteiger partial charge in [0.15, 0.2) is 0 Å². The second-order valence-electron chi connectivity index (χ2n) is 9.50. The predicted octanol–water partition coefficient (Wildman–Crippen LogP) is 3.79. The first-order chi connectivity index (χ1) is 11.6. The van der Waals surface area contributed by atoms with Crippen LogP contribution in [0.3, 0.4) is 0 Å². The average molecular weight is 371 g/mol. The Hall–Kier alpha value is -0.460. The Balaban J connectivity index is 1.54. The number of carbonyl (C=O) groups excluding carboxylic acids is 1. The van der Waals surface area contributed by atoms with E-state index in [0.29, 0.717) is 35.9 Å². The number of carbonyl (C=O) groups is 1. The van der Waals surface area contributed by atoms with Gasteiger partial charge in [-0.15, -0.1) is 0 Å². The molecule has 0 saturated heterocycles. The Morgan fingerprint density at radius 1 is 1.04 bits per heavy atom. The lowest BCUT2D eigenvalue weighted by Gasteiger charge is -2.60. The van der Waals surface area contributed by atoms with Crippen molar-refractivity contribution in [2.75, 3.05) is 0 Å². The number of ketones is 1. The van der Waals surface area contributed by atoms with Crippen LogP contribution >= 0.6 is 0 Å². The molecule has 0 heterocycles. The summed E-state index contributed by atoms with van der Waals surface area (Å²) in [5.74, 6) is 2.76. The van der Waals surface area contributed by atoms with Crippen molar-refractivity contribution in [2.24, 2.45) is 34.5 Å². The van der Waals surface area contributed by atoms with E-state index in [1.54, 1.807) is 0 Å². The van der Waals surface area contributed by atoms with Crippen LogP contribution in [0.1, 0.15) is 71.6 Å². The van der Waals surface area contributed by atoms with E-state index in [2.05, 4.69) is 13.8 Å². The van der Waals surface area contributed by atoms with Crippen molar-refractivity contribution in [3.8, 4) is 0 Å². The normalized spacial score (nSPS) is 50.0. The molecular formula is C19H30O5S. The summed E-state index contributed by atoms with van der Waals surface area (Å²) in [4.78, 5) is 12.4. The van der Waals surface area contributed by atoms with E-state index < -0.39 is 10.4 Å². The van der Waals surface area contributed by atoms with E-state index in [0.717, 1.165) is 51.4 Å². The monoisotopic (exact) mass is 370 g/mol. The minimum atomic E-state index is -4.37. The fourth-order valence-corrected chi connectivity index (χ4v) is 7.77. The fraction of sp³-hybridized carbons (Fsp3) is 0.947. The minimum Gasteiger partial charge on any atom is -0.299 e. The first-order valence-corrected chi connectivity index (χ1v) is 11.2. The molecule has 4 aliphatic rings. The zero-order valence-electron chi connectivity index (χ0n) is 15.2. The molecule has 4 fully saturated rings. The second-order valence-corrected chi connectivity index (χ2v) is 10.5. The predicted molar refractivity (Wildman–Crippen MR) is 93.2 cm³/mol. The summed E-state index contributed by atoms with van der Waals surface area (Å²) in [5, 5.41) is 0. The summed E-state index contributed by atoms with van der Waals surface area (Å²) >= 11 is 0. The van der Waals surface area contributed by atoms with E-state index in [1.807, 2.05) is 0 Å². The maximum absolute atomic E-state index is 12.4.